The molecule has 30 heavy (non-hydrogen) atoms. The first-order valence-electron chi connectivity index (χ1n) is 10.4. The number of fused-ring (bicyclic) bond motifs is 1. The van der Waals surface area contributed by atoms with Crippen molar-refractivity contribution in [3.8, 4) is 0 Å². The molecule has 3 rings (SSSR count). The number of carbonyl (C=O) groups is 1. The lowest BCUT2D eigenvalue weighted by Gasteiger charge is -2.23. The monoisotopic (exact) mass is 427 g/mol. The fourth-order valence-electron chi connectivity index (χ4n) is 3.28. The molecular weight excluding hydrogens is 398 g/mol. The van der Waals surface area contributed by atoms with E-state index in [1.807, 2.05) is 25.1 Å². The van der Waals surface area contributed by atoms with Crippen LogP contribution in [0.2, 0.25) is 0 Å². The van der Waals surface area contributed by atoms with Gasteiger partial charge < -0.3 is 9.64 Å². The summed E-state index contributed by atoms with van der Waals surface area (Å²) in [6.45, 7) is 10.4. The van der Waals surface area contributed by atoms with E-state index >= 15 is 0 Å². The average Bonchev–Trinajstić information content (AvgIpc) is 3.12. The van der Waals surface area contributed by atoms with Crippen LogP contribution in [0, 0.1) is 6.92 Å². The molecule has 0 spiro atoms. The number of hydrogen-bond donors (Lipinski definition) is 0. The number of benzene rings is 1. The molecule has 0 saturated carbocycles. The number of ether oxygens (including phenoxy) is 1. The minimum Gasteiger partial charge on any atom is -0.462 e. The molecule has 1 aromatic carbocycles. The van der Waals surface area contributed by atoms with Crippen LogP contribution in [0.5, 0.6) is 0 Å². The van der Waals surface area contributed by atoms with E-state index in [-0.39, 0.29) is 5.97 Å². The highest BCUT2D eigenvalue weighted by Crippen LogP contribution is 2.25. The summed E-state index contributed by atoms with van der Waals surface area (Å²) < 4.78 is 6.98. The van der Waals surface area contributed by atoms with Gasteiger partial charge in [-0.25, -0.2) is 4.79 Å². The van der Waals surface area contributed by atoms with Gasteiger partial charge in [0.1, 0.15) is 0 Å². The molecule has 0 bridgehead atoms. The quantitative estimate of drug-likeness (QED) is 0.442. The van der Waals surface area contributed by atoms with E-state index in [0.29, 0.717) is 29.5 Å². The lowest BCUT2D eigenvalue weighted by atomic mass is 10.1. The van der Waals surface area contributed by atoms with Gasteiger partial charge in [-0.1, -0.05) is 37.7 Å². The lowest BCUT2D eigenvalue weighted by molar-refractivity contribution is -0.137. The van der Waals surface area contributed by atoms with Gasteiger partial charge in [-0.2, -0.15) is 9.78 Å². The van der Waals surface area contributed by atoms with Gasteiger partial charge in [0.15, 0.2) is 5.82 Å². The predicted octanol–water partition coefficient (Wildman–Crippen LogP) is 4.17. The van der Waals surface area contributed by atoms with Crippen molar-refractivity contribution in [1.82, 2.24) is 14.9 Å². The maximum absolute atomic E-state index is 12.7. The molecule has 0 saturated heterocycles. The molecular formula is C22H29N5O2S. The molecule has 0 fully saturated rings. The van der Waals surface area contributed by atoms with E-state index < -0.39 is 0 Å². The number of anilines is 1. The molecule has 0 atom stereocenters. The number of rotatable bonds is 9. The second kappa shape index (κ2) is 10.4. The Balaban J connectivity index is 1.92. The first-order chi connectivity index (χ1) is 14.6. The normalized spacial score (nSPS) is 13.6. The molecule has 0 aliphatic carbocycles. The Morgan fingerprint density at radius 2 is 1.87 bits per heavy atom. The molecule has 1 aliphatic heterocycles. The Morgan fingerprint density at radius 3 is 2.50 bits per heavy atom. The Kier molecular flexibility index (Phi) is 7.68. The molecule has 1 aromatic heterocycles. The summed E-state index contributed by atoms with van der Waals surface area (Å²) in [4.78, 5) is 15.1. The summed E-state index contributed by atoms with van der Waals surface area (Å²) in [5, 5.41) is 13.5. The van der Waals surface area contributed by atoms with E-state index in [2.05, 4.69) is 46.2 Å². The highest BCUT2D eigenvalue weighted by molar-refractivity contribution is 7.99. The summed E-state index contributed by atoms with van der Waals surface area (Å²) in [7, 11) is 0. The summed E-state index contributed by atoms with van der Waals surface area (Å²) in [6.07, 6.45) is 4.07. The zero-order valence-electron chi connectivity index (χ0n) is 18.1. The molecule has 2 heterocycles. The molecule has 0 radical (unpaired) electrons. The third kappa shape index (κ3) is 5.11. The van der Waals surface area contributed by atoms with Crippen molar-refractivity contribution < 1.29 is 9.53 Å². The minimum atomic E-state index is -0.367. The zero-order chi connectivity index (χ0) is 21.5. The first-order valence-corrected chi connectivity index (χ1v) is 11.4. The van der Waals surface area contributed by atoms with Gasteiger partial charge in [0.25, 0.3) is 0 Å². The SMILES string of the molecule is CCCN(CCC)c1ccc(/C=C(\C(=O)OCC)C2=Nn3c(C)nnc3SC2)cc1. The number of hydrogen-bond acceptors (Lipinski definition) is 7. The molecule has 160 valence electrons. The zero-order valence-corrected chi connectivity index (χ0v) is 18.9. The maximum Gasteiger partial charge on any atom is 0.340 e. The van der Waals surface area contributed by atoms with Crippen LogP contribution < -0.4 is 4.90 Å². The number of aryl methyl sites for hydroxylation is 1. The van der Waals surface area contributed by atoms with Crippen LogP contribution in [0.4, 0.5) is 5.69 Å². The lowest BCUT2D eigenvalue weighted by Crippen LogP contribution is -2.24. The van der Waals surface area contributed by atoms with Crippen molar-refractivity contribution in [2.75, 3.05) is 30.3 Å². The van der Waals surface area contributed by atoms with Crippen LogP contribution in [0.3, 0.4) is 0 Å². The number of nitrogens with zero attached hydrogens (tertiary/aromatic N) is 5. The van der Waals surface area contributed by atoms with Gasteiger partial charge in [0.05, 0.1) is 17.9 Å². The Morgan fingerprint density at radius 1 is 1.17 bits per heavy atom. The second-order valence-electron chi connectivity index (χ2n) is 7.03. The largest absolute Gasteiger partial charge is 0.462 e. The standard InChI is InChI=1S/C22H29N5O2S/c1-5-12-26(13-6-2)18-10-8-17(9-11-18)14-19(21(28)29-7-3)20-15-30-22-24-23-16(4)27(22)25-20/h8-11,14H,5-7,12-13,15H2,1-4H3/b19-14-. The maximum atomic E-state index is 12.7. The number of thioether (sulfide) groups is 1. The Bertz CT molecular complexity index is 928. The summed E-state index contributed by atoms with van der Waals surface area (Å²) >= 11 is 1.51. The van der Waals surface area contributed by atoms with Gasteiger partial charge in [-0.15, -0.1) is 10.2 Å². The van der Waals surface area contributed by atoms with Gasteiger partial charge in [-0.05, 0) is 50.5 Å². The number of carbonyl (C=O) groups excluding carboxylic acids is 1. The van der Waals surface area contributed by atoms with Gasteiger partial charge in [0.2, 0.25) is 5.16 Å². The first kappa shape index (κ1) is 22.1. The summed E-state index contributed by atoms with van der Waals surface area (Å²) in [5.74, 6) is 0.865. The van der Waals surface area contributed by atoms with E-state index in [4.69, 9.17) is 4.74 Å². The summed E-state index contributed by atoms with van der Waals surface area (Å²) in [5.41, 5.74) is 3.27. The third-order valence-corrected chi connectivity index (χ3v) is 5.62. The van der Waals surface area contributed by atoms with Crippen LogP contribution in [-0.2, 0) is 9.53 Å². The van der Waals surface area contributed by atoms with Crippen LogP contribution in [0.25, 0.3) is 6.08 Å². The molecule has 0 amide bonds. The minimum absolute atomic E-state index is 0.315. The fraction of sp³-hybridized carbons (Fsp3) is 0.455. The van der Waals surface area contributed by atoms with Crippen molar-refractivity contribution in [2.24, 2.45) is 5.10 Å². The van der Waals surface area contributed by atoms with Gasteiger partial charge in [-0.3, -0.25) is 0 Å². The predicted molar refractivity (Wildman–Crippen MR) is 122 cm³/mol. The Hall–Kier alpha value is -2.61. The fourth-order valence-corrected chi connectivity index (χ4v) is 4.16. The van der Waals surface area contributed by atoms with E-state index in [0.717, 1.165) is 36.7 Å². The number of aromatic nitrogens is 3. The van der Waals surface area contributed by atoms with E-state index in [1.165, 1.54) is 17.4 Å². The van der Waals surface area contributed by atoms with Crippen molar-refractivity contribution in [1.29, 1.82) is 0 Å². The highest BCUT2D eigenvalue weighted by Gasteiger charge is 2.24. The van der Waals surface area contributed by atoms with Gasteiger partial charge >= 0.3 is 5.97 Å². The van der Waals surface area contributed by atoms with Crippen LogP contribution in [-0.4, -0.2) is 52.0 Å². The molecule has 2 aromatic rings. The molecule has 0 unspecified atom stereocenters. The topological polar surface area (TPSA) is 72.6 Å². The highest BCUT2D eigenvalue weighted by atomic mass is 32.2. The van der Waals surface area contributed by atoms with Crippen molar-refractivity contribution in [3.63, 3.8) is 0 Å². The van der Waals surface area contributed by atoms with E-state index in [9.17, 15) is 4.79 Å². The van der Waals surface area contributed by atoms with Crippen LogP contribution in [0.15, 0.2) is 40.1 Å². The van der Waals surface area contributed by atoms with Crippen LogP contribution >= 0.6 is 11.8 Å². The average molecular weight is 428 g/mol. The number of esters is 1. The third-order valence-electron chi connectivity index (χ3n) is 4.69. The van der Waals surface area contributed by atoms with Gasteiger partial charge in [0, 0.05) is 24.5 Å². The smallest absolute Gasteiger partial charge is 0.340 e. The van der Waals surface area contributed by atoms with Crippen molar-refractivity contribution >= 4 is 35.2 Å². The molecule has 1 aliphatic rings. The second-order valence-corrected chi connectivity index (χ2v) is 7.98. The molecule has 7 nitrogen and oxygen atoms in total. The summed E-state index contributed by atoms with van der Waals surface area (Å²) in [6, 6.07) is 8.30. The molecule has 8 heteroatoms. The van der Waals surface area contributed by atoms with Crippen molar-refractivity contribution in [3.05, 3.63) is 41.2 Å². The van der Waals surface area contributed by atoms with Crippen molar-refractivity contribution in [2.45, 2.75) is 45.7 Å². The molecule has 0 N–H and O–H groups in total. The van der Waals surface area contributed by atoms with E-state index in [1.54, 1.807) is 11.6 Å². The Labute approximate surface area is 182 Å². The van der Waals surface area contributed by atoms with Crippen LogP contribution in [0.1, 0.15) is 45.0 Å².